The molecule has 0 bridgehead atoms. The van der Waals surface area contributed by atoms with Crippen LogP contribution in [0.1, 0.15) is 36.5 Å². The van der Waals surface area contributed by atoms with Crippen molar-refractivity contribution in [2.45, 2.75) is 26.2 Å². The molecule has 0 atom stereocenters. The van der Waals surface area contributed by atoms with Gasteiger partial charge >= 0.3 is 5.97 Å². The molecule has 88 valence electrons. The highest BCUT2D eigenvalue weighted by molar-refractivity contribution is 6.34. The predicted octanol–water partition coefficient (Wildman–Crippen LogP) is 3.74. The van der Waals surface area contributed by atoms with Crippen LogP contribution in [0.4, 0.5) is 0 Å². The van der Waals surface area contributed by atoms with Crippen molar-refractivity contribution < 1.29 is 9.53 Å². The van der Waals surface area contributed by atoms with Crippen LogP contribution in [0.2, 0.25) is 10.2 Å². The van der Waals surface area contributed by atoms with E-state index in [0.717, 1.165) is 19.3 Å². The van der Waals surface area contributed by atoms with Crippen molar-refractivity contribution in [2.24, 2.45) is 0 Å². The van der Waals surface area contributed by atoms with Crippen molar-refractivity contribution in [1.82, 2.24) is 4.98 Å². The molecule has 0 aliphatic carbocycles. The maximum atomic E-state index is 11.6. The second-order valence-electron chi connectivity index (χ2n) is 3.33. The van der Waals surface area contributed by atoms with Crippen molar-refractivity contribution in [3.05, 3.63) is 28.0 Å². The smallest absolute Gasteiger partial charge is 0.339 e. The normalized spacial score (nSPS) is 10.2. The molecule has 0 N–H and O–H groups in total. The van der Waals surface area contributed by atoms with Gasteiger partial charge in [-0.3, -0.25) is 0 Å². The molecule has 0 radical (unpaired) electrons. The lowest BCUT2D eigenvalue weighted by Gasteiger charge is -2.05. The second kappa shape index (κ2) is 6.71. The van der Waals surface area contributed by atoms with E-state index in [1.165, 1.54) is 12.3 Å². The number of aromatic nitrogens is 1. The van der Waals surface area contributed by atoms with Gasteiger partial charge in [-0.25, -0.2) is 9.78 Å². The van der Waals surface area contributed by atoms with Gasteiger partial charge in [0.05, 0.1) is 17.2 Å². The van der Waals surface area contributed by atoms with Gasteiger partial charge in [-0.1, -0.05) is 43.0 Å². The molecule has 0 fully saturated rings. The lowest BCUT2D eigenvalue weighted by atomic mass is 10.2. The van der Waals surface area contributed by atoms with Crippen LogP contribution in [0, 0.1) is 0 Å². The average molecular weight is 262 g/mol. The van der Waals surface area contributed by atoms with E-state index in [1.54, 1.807) is 0 Å². The summed E-state index contributed by atoms with van der Waals surface area (Å²) >= 11 is 11.5. The lowest BCUT2D eigenvalue weighted by Crippen LogP contribution is -2.07. The molecule has 1 aromatic rings. The average Bonchev–Trinajstić information content (AvgIpc) is 2.27. The van der Waals surface area contributed by atoms with Crippen molar-refractivity contribution in [3.8, 4) is 0 Å². The first kappa shape index (κ1) is 13.3. The number of hydrogen-bond acceptors (Lipinski definition) is 3. The van der Waals surface area contributed by atoms with Gasteiger partial charge in [0.15, 0.2) is 0 Å². The molecule has 0 saturated heterocycles. The van der Waals surface area contributed by atoms with Gasteiger partial charge in [-0.15, -0.1) is 0 Å². The Morgan fingerprint density at radius 1 is 1.44 bits per heavy atom. The standard InChI is InChI=1S/C11H13Cl2NO2/c1-2-3-4-5-16-11(15)8-6-10(13)14-7-9(8)12/h6-7H,2-5H2,1H3. The molecule has 0 spiro atoms. The first-order valence-corrected chi connectivity index (χ1v) is 5.89. The van der Waals surface area contributed by atoms with Crippen LogP contribution in [0.3, 0.4) is 0 Å². The zero-order chi connectivity index (χ0) is 12.0. The second-order valence-corrected chi connectivity index (χ2v) is 4.12. The third-order valence-corrected chi connectivity index (χ3v) is 2.53. The summed E-state index contributed by atoms with van der Waals surface area (Å²) in [7, 11) is 0. The number of ether oxygens (including phenoxy) is 1. The molecular formula is C11H13Cl2NO2. The third-order valence-electron chi connectivity index (χ3n) is 2.02. The molecule has 0 aliphatic heterocycles. The van der Waals surface area contributed by atoms with E-state index in [4.69, 9.17) is 27.9 Å². The van der Waals surface area contributed by atoms with Crippen LogP contribution < -0.4 is 0 Å². The van der Waals surface area contributed by atoms with Gasteiger partial charge < -0.3 is 4.74 Å². The fourth-order valence-corrected chi connectivity index (χ4v) is 1.50. The van der Waals surface area contributed by atoms with E-state index in [-0.39, 0.29) is 15.7 Å². The number of pyridine rings is 1. The SMILES string of the molecule is CCCCCOC(=O)c1cc(Cl)ncc1Cl. The number of unbranched alkanes of at least 4 members (excludes halogenated alkanes) is 2. The van der Waals surface area contributed by atoms with Crippen LogP contribution in [-0.4, -0.2) is 17.6 Å². The molecule has 1 heterocycles. The molecule has 16 heavy (non-hydrogen) atoms. The number of nitrogens with zero attached hydrogens (tertiary/aromatic N) is 1. The molecule has 0 unspecified atom stereocenters. The van der Waals surface area contributed by atoms with Gasteiger partial charge in [-0.05, 0) is 12.5 Å². The van der Waals surface area contributed by atoms with E-state index in [2.05, 4.69) is 11.9 Å². The fourth-order valence-electron chi connectivity index (χ4n) is 1.16. The molecule has 0 amide bonds. The lowest BCUT2D eigenvalue weighted by molar-refractivity contribution is 0.0498. The minimum absolute atomic E-state index is 0.227. The van der Waals surface area contributed by atoms with Crippen LogP contribution in [-0.2, 0) is 4.74 Å². The first-order valence-electron chi connectivity index (χ1n) is 5.13. The highest BCUT2D eigenvalue weighted by Crippen LogP contribution is 2.19. The van der Waals surface area contributed by atoms with Crippen LogP contribution in [0.15, 0.2) is 12.3 Å². The summed E-state index contributed by atoms with van der Waals surface area (Å²) < 4.78 is 5.06. The predicted molar refractivity (Wildman–Crippen MR) is 64.1 cm³/mol. The molecule has 0 aromatic carbocycles. The summed E-state index contributed by atoms with van der Waals surface area (Å²) in [6.45, 7) is 2.49. The quantitative estimate of drug-likeness (QED) is 0.461. The van der Waals surface area contributed by atoms with Gasteiger partial charge in [0.1, 0.15) is 5.15 Å². The maximum absolute atomic E-state index is 11.6. The Kier molecular flexibility index (Phi) is 5.56. The molecular weight excluding hydrogens is 249 g/mol. The Balaban J connectivity index is 2.55. The summed E-state index contributed by atoms with van der Waals surface area (Å²) in [4.78, 5) is 15.3. The van der Waals surface area contributed by atoms with Crippen molar-refractivity contribution in [1.29, 1.82) is 0 Å². The van der Waals surface area contributed by atoms with Gasteiger partial charge in [0.25, 0.3) is 0 Å². The number of carbonyl (C=O) groups excluding carboxylic acids is 1. The zero-order valence-electron chi connectivity index (χ0n) is 9.00. The first-order chi connectivity index (χ1) is 7.65. The summed E-state index contributed by atoms with van der Waals surface area (Å²) in [5.74, 6) is -0.453. The van der Waals surface area contributed by atoms with Crippen LogP contribution in [0.5, 0.6) is 0 Å². The van der Waals surface area contributed by atoms with E-state index in [1.807, 2.05) is 0 Å². The van der Waals surface area contributed by atoms with E-state index < -0.39 is 5.97 Å². The van der Waals surface area contributed by atoms with Crippen molar-refractivity contribution >= 4 is 29.2 Å². The topological polar surface area (TPSA) is 39.2 Å². The Hall–Kier alpha value is -0.800. The van der Waals surface area contributed by atoms with E-state index in [0.29, 0.717) is 6.61 Å². The molecule has 1 aromatic heterocycles. The summed E-state index contributed by atoms with van der Waals surface area (Å²) in [5, 5.41) is 0.481. The number of carbonyl (C=O) groups is 1. The summed E-state index contributed by atoms with van der Waals surface area (Å²) in [6.07, 6.45) is 4.32. The summed E-state index contributed by atoms with van der Waals surface area (Å²) in [5.41, 5.74) is 0.262. The van der Waals surface area contributed by atoms with E-state index >= 15 is 0 Å². The van der Waals surface area contributed by atoms with Crippen molar-refractivity contribution in [2.75, 3.05) is 6.61 Å². The fraction of sp³-hybridized carbons (Fsp3) is 0.455. The van der Waals surface area contributed by atoms with Gasteiger partial charge in [0, 0.05) is 6.20 Å². The molecule has 1 rings (SSSR count). The van der Waals surface area contributed by atoms with Gasteiger partial charge in [0.2, 0.25) is 0 Å². The number of halogens is 2. The monoisotopic (exact) mass is 261 g/mol. The number of rotatable bonds is 5. The number of esters is 1. The minimum Gasteiger partial charge on any atom is -0.462 e. The molecule has 0 saturated carbocycles. The maximum Gasteiger partial charge on any atom is 0.339 e. The third kappa shape index (κ3) is 3.99. The Morgan fingerprint density at radius 2 is 2.19 bits per heavy atom. The molecule has 3 nitrogen and oxygen atoms in total. The van der Waals surface area contributed by atoms with E-state index in [9.17, 15) is 4.79 Å². The Labute approximate surface area is 105 Å². The van der Waals surface area contributed by atoms with Crippen molar-refractivity contribution in [3.63, 3.8) is 0 Å². The highest BCUT2D eigenvalue weighted by atomic mass is 35.5. The van der Waals surface area contributed by atoms with Crippen LogP contribution in [0.25, 0.3) is 0 Å². The van der Waals surface area contributed by atoms with Crippen LogP contribution >= 0.6 is 23.2 Å². The van der Waals surface area contributed by atoms with Gasteiger partial charge in [-0.2, -0.15) is 0 Å². The molecule has 5 heteroatoms. The zero-order valence-corrected chi connectivity index (χ0v) is 10.5. The highest BCUT2D eigenvalue weighted by Gasteiger charge is 2.12. The Morgan fingerprint density at radius 3 is 2.88 bits per heavy atom. The Bertz CT molecular complexity index is 369. The summed E-state index contributed by atoms with van der Waals surface area (Å²) in [6, 6.07) is 1.41. The minimum atomic E-state index is -0.453. The molecule has 0 aliphatic rings. The number of hydrogen-bond donors (Lipinski definition) is 0. The largest absolute Gasteiger partial charge is 0.462 e.